The summed E-state index contributed by atoms with van der Waals surface area (Å²) in [5.41, 5.74) is 0. The number of thiazole rings is 1. The molecule has 92 valence electrons. The van der Waals surface area contributed by atoms with Crippen molar-refractivity contribution in [3.8, 4) is 0 Å². The molecule has 2 heterocycles. The zero-order valence-electron chi connectivity index (χ0n) is 9.77. The first-order valence-corrected chi connectivity index (χ1v) is 8.03. The third kappa shape index (κ3) is 3.65. The Balaban J connectivity index is 1.88. The van der Waals surface area contributed by atoms with Gasteiger partial charge in [0.1, 0.15) is 5.82 Å². The lowest BCUT2D eigenvalue weighted by Crippen LogP contribution is -1.94. The summed E-state index contributed by atoms with van der Waals surface area (Å²) >= 11 is 4.91. The lowest BCUT2D eigenvalue weighted by Gasteiger charge is -1.94. The van der Waals surface area contributed by atoms with Gasteiger partial charge in [0.05, 0.1) is 0 Å². The summed E-state index contributed by atoms with van der Waals surface area (Å²) in [6.45, 7) is 5.06. The van der Waals surface area contributed by atoms with Crippen molar-refractivity contribution in [3.05, 3.63) is 16.9 Å². The Hall–Kier alpha value is -0.660. The Morgan fingerprint density at radius 1 is 1.41 bits per heavy atom. The fourth-order valence-electron chi connectivity index (χ4n) is 1.18. The van der Waals surface area contributed by atoms with Crippen LogP contribution in [0.5, 0.6) is 0 Å². The van der Waals surface area contributed by atoms with E-state index < -0.39 is 0 Å². The fourth-order valence-corrected chi connectivity index (χ4v) is 3.78. The van der Waals surface area contributed by atoms with Crippen molar-refractivity contribution in [2.45, 2.75) is 30.4 Å². The third-order valence-corrected chi connectivity index (χ3v) is 5.04. The maximum absolute atomic E-state index is 4.43. The average Bonchev–Trinajstić information content (AvgIpc) is 2.95. The Bertz CT molecular complexity index is 466. The van der Waals surface area contributed by atoms with Gasteiger partial charge in [-0.25, -0.2) is 9.97 Å². The molecule has 7 heteroatoms. The van der Waals surface area contributed by atoms with Gasteiger partial charge in [-0.1, -0.05) is 18.7 Å². The van der Waals surface area contributed by atoms with Crippen LogP contribution >= 0.6 is 34.6 Å². The van der Waals surface area contributed by atoms with Gasteiger partial charge in [0, 0.05) is 29.8 Å². The predicted molar refractivity (Wildman–Crippen MR) is 75.1 cm³/mol. The lowest BCUT2D eigenvalue weighted by atomic mass is 10.5. The molecule has 2 rings (SSSR count). The van der Waals surface area contributed by atoms with Crippen LogP contribution in [0.2, 0.25) is 0 Å². The predicted octanol–water partition coefficient (Wildman–Crippen LogP) is 3.28. The molecule has 0 bridgehead atoms. The van der Waals surface area contributed by atoms with Gasteiger partial charge in [-0.2, -0.15) is 4.37 Å². The number of hydrogen-bond acceptors (Lipinski definition) is 7. The molecule has 17 heavy (non-hydrogen) atoms. The molecule has 0 aliphatic carbocycles. The van der Waals surface area contributed by atoms with Gasteiger partial charge in [-0.3, -0.25) is 0 Å². The summed E-state index contributed by atoms with van der Waals surface area (Å²) in [5, 5.41) is 4.21. The Kier molecular flexibility index (Phi) is 4.75. The van der Waals surface area contributed by atoms with Crippen molar-refractivity contribution in [2.75, 3.05) is 11.9 Å². The highest BCUT2D eigenvalue weighted by molar-refractivity contribution is 8.00. The summed E-state index contributed by atoms with van der Waals surface area (Å²) in [5.74, 6) is 1.86. The number of thioether (sulfide) groups is 1. The van der Waals surface area contributed by atoms with Crippen LogP contribution in [0.1, 0.15) is 24.5 Å². The summed E-state index contributed by atoms with van der Waals surface area (Å²) in [6, 6.07) is 0. The molecular weight excluding hydrogens is 272 g/mol. The van der Waals surface area contributed by atoms with Gasteiger partial charge in [0.2, 0.25) is 0 Å². The second-order valence-electron chi connectivity index (χ2n) is 3.28. The van der Waals surface area contributed by atoms with Crippen LogP contribution in [0.25, 0.3) is 0 Å². The molecule has 0 saturated heterocycles. The molecule has 0 aliphatic heterocycles. The number of rotatable bonds is 6. The van der Waals surface area contributed by atoms with Gasteiger partial charge in [0.15, 0.2) is 9.47 Å². The van der Waals surface area contributed by atoms with E-state index >= 15 is 0 Å². The molecule has 0 saturated carbocycles. The van der Waals surface area contributed by atoms with Crippen LogP contribution in [0.3, 0.4) is 0 Å². The molecule has 4 nitrogen and oxygen atoms in total. The summed E-state index contributed by atoms with van der Waals surface area (Å²) < 4.78 is 5.31. The van der Waals surface area contributed by atoms with Crippen LogP contribution in [0.4, 0.5) is 5.13 Å². The minimum absolute atomic E-state index is 0.905. The Morgan fingerprint density at radius 3 is 3.00 bits per heavy atom. The van der Waals surface area contributed by atoms with Gasteiger partial charge in [0.25, 0.3) is 0 Å². The molecule has 1 N–H and O–H groups in total. The van der Waals surface area contributed by atoms with Crippen molar-refractivity contribution < 1.29 is 0 Å². The van der Waals surface area contributed by atoms with E-state index in [-0.39, 0.29) is 0 Å². The fraction of sp³-hybridized carbons (Fsp3) is 0.500. The number of nitrogens with zero attached hydrogens (tertiary/aromatic N) is 3. The quantitative estimate of drug-likeness (QED) is 0.826. The van der Waals surface area contributed by atoms with Crippen molar-refractivity contribution in [3.63, 3.8) is 0 Å². The van der Waals surface area contributed by atoms with Gasteiger partial charge < -0.3 is 5.32 Å². The van der Waals surface area contributed by atoms with Crippen molar-refractivity contribution in [1.29, 1.82) is 0 Å². The smallest absolute Gasteiger partial charge is 0.182 e. The van der Waals surface area contributed by atoms with Crippen molar-refractivity contribution >= 4 is 39.8 Å². The largest absolute Gasteiger partial charge is 0.362 e. The lowest BCUT2D eigenvalue weighted by molar-refractivity contribution is 0.971. The van der Waals surface area contributed by atoms with Crippen LogP contribution in [0.15, 0.2) is 10.5 Å². The summed E-state index contributed by atoms with van der Waals surface area (Å²) in [6.07, 6.45) is 2.83. The van der Waals surface area contributed by atoms with Crippen molar-refractivity contribution in [2.24, 2.45) is 0 Å². The molecule has 0 aliphatic rings. The van der Waals surface area contributed by atoms with E-state index in [4.69, 9.17) is 0 Å². The molecular formula is C10H14N4S3. The molecule has 2 aromatic heterocycles. The second-order valence-corrected chi connectivity index (χ2v) is 6.37. The highest BCUT2D eigenvalue weighted by Crippen LogP contribution is 2.28. The standard InChI is InChI=1S/C10H14N4S3/c1-3-8-13-10(17-14-8)15-6-7-5-12-9(16-7)11-4-2/h5H,3-4,6H2,1-2H3,(H,11,12). The Labute approximate surface area is 113 Å². The van der Waals surface area contributed by atoms with E-state index in [2.05, 4.69) is 33.5 Å². The van der Waals surface area contributed by atoms with E-state index in [9.17, 15) is 0 Å². The highest BCUT2D eigenvalue weighted by Gasteiger charge is 2.05. The van der Waals surface area contributed by atoms with Crippen molar-refractivity contribution in [1.82, 2.24) is 14.3 Å². The summed E-state index contributed by atoms with van der Waals surface area (Å²) in [7, 11) is 0. The molecule has 0 fully saturated rings. The molecule has 0 radical (unpaired) electrons. The van der Waals surface area contributed by atoms with E-state index in [0.29, 0.717) is 0 Å². The van der Waals surface area contributed by atoms with Crippen LogP contribution in [0, 0.1) is 0 Å². The average molecular weight is 286 g/mol. The normalized spacial score (nSPS) is 10.7. The number of hydrogen-bond donors (Lipinski definition) is 1. The van der Waals surface area contributed by atoms with Crippen LogP contribution < -0.4 is 5.32 Å². The van der Waals surface area contributed by atoms with Gasteiger partial charge in [-0.15, -0.1) is 11.3 Å². The minimum atomic E-state index is 0.905. The first-order chi connectivity index (χ1) is 8.31. The maximum Gasteiger partial charge on any atom is 0.182 e. The Morgan fingerprint density at radius 2 is 2.29 bits per heavy atom. The molecule has 0 aromatic carbocycles. The monoisotopic (exact) mass is 286 g/mol. The summed E-state index contributed by atoms with van der Waals surface area (Å²) in [4.78, 5) is 9.99. The van der Waals surface area contributed by atoms with Gasteiger partial charge >= 0.3 is 0 Å². The SMILES string of the molecule is CCNc1ncc(CSc2nc(CC)ns2)s1. The minimum Gasteiger partial charge on any atom is -0.362 e. The molecule has 0 spiro atoms. The molecule has 0 atom stereocenters. The van der Waals surface area contributed by atoms with E-state index in [0.717, 1.165) is 34.0 Å². The van der Waals surface area contributed by atoms with E-state index in [1.807, 2.05) is 6.20 Å². The van der Waals surface area contributed by atoms with Crippen LogP contribution in [-0.4, -0.2) is 20.9 Å². The van der Waals surface area contributed by atoms with E-state index in [1.165, 1.54) is 16.4 Å². The van der Waals surface area contributed by atoms with E-state index in [1.54, 1.807) is 23.1 Å². The number of aromatic nitrogens is 3. The van der Waals surface area contributed by atoms with Gasteiger partial charge in [-0.05, 0) is 18.5 Å². The number of aryl methyl sites for hydroxylation is 1. The molecule has 0 unspecified atom stereocenters. The zero-order valence-corrected chi connectivity index (χ0v) is 12.2. The number of nitrogens with one attached hydrogen (secondary N) is 1. The highest BCUT2D eigenvalue weighted by atomic mass is 32.2. The second kappa shape index (κ2) is 6.32. The topological polar surface area (TPSA) is 50.7 Å². The maximum atomic E-state index is 4.43. The first-order valence-electron chi connectivity index (χ1n) is 5.45. The first kappa shape index (κ1) is 12.8. The zero-order chi connectivity index (χ0) is 12.1. The molecule has 0 amide bonds. The van der Waals surface area contributed by atoms with Crippen LogP contribution in [-0.2, 0) is 12.2 Å². The third-order valence-electron chi connectivity index (χ3n) is 1.99. The number of anilines is 1. The molecule has 2 aromatic rings.